The van der Waals surface area contributed by atoms with Gasteiger partial charge in [0.1, 0.15) is 0 Å². The minimum absolute atomic E-state index is 0.790. The maximum atomic E-state index is 3.59. The van der Waals surface area contributed by atoms with Crippen LogP contribution < -0.4 is 5.32 Å². The standard InChI is InChI=1S/C15H32N2/c1-13(2)11-17(12-14(3)4)10-6-5-9-16-15-7-8-15/h13-16H,5-12H2,1-4H3. The number of hydrogen-bond donors (Lipinski definition) is 1. The summed E-state index contributed by atoms with van der Waals surface area (Å²) in [7, 11) is 0. The third-order valence-electron chi connectivity index (χ3n) is 3.16. The highest BCUT2D eigenvalue weighted by Gasteiger charge is 2.19. The molecule has 0 spiro atoms. The molecule has 102 valence electrons. The summed E-state index contributed by atoms with van der Waals surface area (Å²) in [5, 5.41) is 3.59. The molecule has 1 saturated carbocycles. The summed E-state index contributed by atoms with van der Waals surface area (Å²) in [5.74, 6) is 1.58. The van der Waals surface area contributed by atoms with Gasteiger partial charge in [0.2, 0.25) is 0 Å². The minimum atomic E-state index is 0.790. The molecule has 2 nitrogen and oxygen atoms in total. The van der Waals surface area contributed by atoms with Crippen LogP contribution in [0.4, 0.5) is 0 Å². The second-order valence-electron chi connectivity index (χ2n) is 6.48. The Bertz CT molecular complexity index is 175. The molecule has 0 radical (unpaired) electrons. The normalized spacial score (nSPS) is 16.4. The summed E-state index contributed by atoms with van der Waals surface area (Å²) in [6, 6.07) is 0.873. The van der Waals surface area contributed by atoms with Crippen LogP contribution in [0.5, 0.6) is 0 Å². The van der Waals surface area contributed by atoms with Crippen molar-refractivity contribution in [2.75, 3.05) is 26.2 Å². The topological polar surface area (TPSA) is 15.3 Å². The van der Waals surface area contributed by atoms with Crippen LogP contribution in [0.2, 0.25) is 0 Å². The van der Waals surface area contributed by atoms with Crippen LogP contribution in [0, 0.1) is 11.8 Å². The fourth-order valence-corrected chi connectivity index (χ4v) is 2.34. The molecule has 1 N–H and O–H groups in total. The fourth-order valence-electron chi connectivity index (χ4n) is 2.34. The second kappa shape index (κ2) is 8.10. The number of hydrogen-bond acceptors (Lipinski definition) is 2. The van der Waals surface area contributed by atoms with E-state index in [2.05, 4.69) is 37.9 Å². The lowest BCUT2D eigenvalue weighted by molar-refractivity contribution is 0.215. The van der Waals surface area contributed by atoms with Crippen molar-refractivity contribution in [3.63, 3.8) is 0 Å². The van der Waals surface area contributed by atoms with E-state index < -0.39 is 0 Å². The Hall–Kier alpha value is -0.0800. The summed E-state index contributed by atoms with van der Waals surface area (Å²) in [6.07, 6.45) is 5.50. The molecule has 2 heteroatoms. The molecule has 1 aliphatic carbocycles. The fraction of sp³-hybridized carbons (Fsp3) is 1.00. The molecular weight excluding hydrogens is 208 g/mol. The number of rotatable bonds is 10. The highest BCUT2D eigenvalue weighted by atomic mass is 15.1. The van der Waals surface area contributed by atoms with Crippen molar-refractivity contribution in [2.24, 2.45) is 11.8 Å². The lowest BCUT2D eigenvalue weighted by Crippen LogP contribution is -2.32. The maximum Gasteiger partial charge on any atom is 0.00682 e. The predicted molar refractivity (Wildman–Crippen MR) is 76.4 cm³/mol. The van der Waals surface area contributed by atoms with Crippen molar-refractivity contribution in [3.05, 3.63) is 0 Å². The van der Waals surface area contributed by atoms with Gasteiger partial charge in [-0.3, -0.25) is 0 Å². The second-order valence-corrected chi connectivity index (χ2v) is 6.48. The first kappa shape index (κ1) is 15.0. The summed E-state index contributed by atoms with van der Waals surface area (Å²) in [4.78, 5) is 2.65. The maximum absolute atomic E-state index is 3.59. The van der Waals surface area contributed by atoms with Crippen LogP contribution >= 0.6 is 0 Å². The molecule has 0 saturated heterocycles. The van der Waals surface area contributed by atoms with E-state index in [0.29, 0.717) is 0 Å². The van der Waals surface area contributed by atoms with Crippen LogP contribution in [-0.2, 0) is 0 Å². The van der Waals surface area contributed by atoms with E-state index >= 15 is 0 Å². The number of nitrogens with one attached hydrogen (secondary N) is 1. The Morgan fingerprint density at radius 2 is 1.59 bits per heavy atom. The molecule has 1 rings (SSSR count). The van der Waals surface area contributed by atoms with E-state index in [4.69, 9.17) is 0 Å². The van der Waals surface area contributed by atoms with E-state index in [0.717, 1.165) is 17.9 Å². The van der Waals surface area contributed by atoms with Gasteiger partial charge < -0.3 is 10.2 Å². The van der Waals surface area contributed by atoms with Crippen molar-refractivity contribution >= 4 is 0 Å². The molecule has 0 bridgehead atoms. The Labute approximate surface area is 108 Å². The van der Waals surface area contributed by atoms with Gasteiger partial charge in [-0.2, -0.15) is 0 Å². The monoisotopic (exact) mass is 240 g/mol. The molecule has 0 aliphatic heterocycles. The van der Waals surface area contributed by atoms with Crippen molar-refractivity contribution in [3.8, 4) is 0 Å². The average molecular weight is 240 g/mol. The minimum Gasteiger partial charge on any atom is -0.314 e. The van der Waals surface area contributed by atoms with Gasteiger partial charge in [-0.25, -0.2) is 0 Å². The molecule has 0 aromatic rings. The van der Waals surface area contributed by atoms with Gasteiger partial charge in [-0.05, 0) is 50.6 Å². The number of unbranched alkanes of at least 4 members (excludes halogenated alkanes) is 1. The molecular formula is C15H32N2. The van der Waals surface area contributed by atoms with Crippen molar-refractivity contribution in [1.82, 2.24) is 10.2 Å². The van der Waals surface area contributed by atoms with Gasteiger partial charge in [0.05, 0.1) is 0 Å². The lowest BCUT2D eigenvalue weighted by Gasteiger charge is -2.26. The van der Waals surface area contributed by atoms with Gasteiger partial charge in [-0.15, -0.1) is 0 Å². The third-order valence-corrected chi connectivity index (χ3v) is 3.16. The average Bonchev–Trinajstić information content (AvgIpc) is 2.98. The van der Waals surface area contributed by atoms with Crippen molar-refractivity contribution in [1.29, 1.82) is 0 Å². The van der Waals surface area contributed by atoms with E-state index in [1.54, 1.807) is 0 Å². The zero-order valence-electron chi connectivity index (χ0n) is 12.3. The van der Waals surface area contributed by atoms with E-state index in [9.17, 15) is 0 Å². The molecule has 0 aromatic heterocycles. The first-order chi connectivity index (χ1) is 8.08. The van der Waals surface area contributed by atoms with E-state index in [1.807, 2.05) is 0 Å². The Balaban J connectivity index is 2.04. The van der Waals surface area contributed by atoms with Gasteiger partial charge in [0.25, 0.3) is 0 Å². The zero-order valence-corrected chi connectivity index (χ0v) is 12.3. The van der Waals surface area contributed by atoms with Crippen LogP contribution in [0.15, 0.2) is 0 Å². The first-order valence-corrected chi connectivity index (χ1v) is 7.53. The summed E-state index contributed by atoms with van der Waals surface area (Å²) < 4.78 is 0. The molecule has 0 unspecified atom stereocenters. The summed E-state index contributed by atoms with van der Waals surface area (Å²) >= 11 is 0. The smallest absolute Gasteiger partial charge is 0.00682 e. The van der Waals surface area contributed by atoms with Gasteiger partial charge in [0.15, 0.2) is 0 Å². The quantitative estimate of drug-likeness (QED) is 0.590. The summed E-state index contributed by atoms with van der Waals surface area (Å²) in [6.45, 7) is 14.3. The number of nitrogens with zero attached hydrogens (tertiary/aromatic N) is 1. The van der Waals surface area contributed by atoms with E-state index in [-0.39, 0.29) is 0 Å². The van der Waals surface area contributed by atoms with Crippen LogP contribution in [0.25, 0.3) is 0 Å². The van der Waals surface area contributed by atoms with Crippen LogP contribution in [-0.4, -0.2) is 37.1 Å². The molecule has 0 heterocycles. The Morgan fingerprint density at radius 1 is 1.00 bits per heavy atom. The first-order valence-electron chi connectivity index (χ1n) is 7.53. The van der Waals surface area contributed by atoms with Gasteiger partial charge in [-0.1, -0.05) is 27.7 Å². The largest absolute Gasteiger partial charge is 0.314 e. The molecule has 0 atom stereocenters. The highest BCUT2D eigenvalue weighted by Crippen LogP contribution is 2.18. The molecule has 0 aromatic carbocycles. The summed E-state index contributed by atoms with van der Waals surface area (Å²) in [5.41, 5.74) is 0. The third kappa shape index (κ3) is 8.62. The lowest BCUT2D eigenvalue weighted by atomic mass is 10.1. The highest BCUT2D eigenvalue weighted by molar-refractivity contribution is 4.80. The van der Waals surface area contributed by atoms with E-state index in [1.165, 1.54) is 51.9 Å². The Morgan fingerprint density at radius 3 is 2.06 bits per heavy atom. The van der Waals surface area contributed by atoms with Gasteiger partial charge >= 0.3 is 0 Å². The zero-order chi connectivity index (χ0) is 12.7. The Kier molecular flexibility index (Phi) is 7.14. The van der Waals surface area contributed by atoms with Crippen LogP contribution in [0.3, 0.4) is 0 Å². The molecule has 0 amide bonds. The van der Waals surface area contributed by atoms with Gasteiger partial charge in [0, 0.05) is 19.1 Å². The SMILES string of the molecule is CC(C)CN(CCCCNC1CC1)CC(C)C. The molecule has 1 fully saturated rings. The van der Waals surface area contributed by atoms with Crippen molar-refractivity contribution < 1.29 is 0 Å². The molecule has 1 aliphatic rings. The van der Waals surface area contributed by atoms with Crippen molar-refractivity contribution in [2.45, 2.75) is 59.4 Å². The van der Waals surface area contributed by atoms with Crippen LogP contribution in [0.1, 0.15) is 53.4 Å². The molecule has 17 heavy (non-hydrogen) atoms. The predicted octanol–water partition coefficient (Wildman–Crippen LogP) is 3.13.